The predicted molar refractivity (Wildman–Crippen MR) is 108 cm³/mol. The molecule has 0 spiro atoms. The normalized spacial score (nSPS) is 10.2. The van der Waals surface area contributed by atoms with Crippen LogP contribution in [0.4, 0.5) is 4.39 Å². The summed E-state index contributed by atoms with van der Waals surface area (Å²) in [6.45, 7) is 1.41. The van der Waals surface area contributed by atoms with Crippen molar-refractivity contribution in [1.29, 1.82) is 0 Å². The van der Waals surface area contributed by atoms with Crippen molar-refractivity contribution in [3.63, 3.8) is 0 Å². The number of ether oxygens (including phenoxy) is 2. The van der Waals surface area contributed by atoms with Gasteiger partial charge in [-0.25, -0.2) is 9.18 Å². The SMILES string of the molecule is COc1cccc(CNCc2ccc(C(=O)O)cc2)c1OCc1ccc(F)cc1.[Cl-]. The summed E-state index contributed by atoms with van der Waals surface area (Å²) in [6, 6.07) is 18.6. The van der Waals surface area contributed by atoms with Crippen LogP contribution < -0.4 is 27.2 Å². The van der Waals surface area contributed by atoms with Gasteiger partial charge in [0.1, 0.15) is 12.4 Å². The van der Waals surface area contributed by atoms with Gasteiger partial charge in [0, 0.05) is 18.7 Å². The summed E-state index contributed by atoms with van der Waals surface area (Å²) < 4.78 is 24.5. The van der Waals surface area contributed by atoms with Crippen molar-refractivity contribution in [2.24, 2.45) is 0 Å². The number of para-hydroxylation sites is 1. The summed E-state index contributed by atoms with van der Waals surface area (Å²) in [5, 5.41) is 12.3. The first-order valence-corrected chi connectivity index (χ1v) is 9.13. The monoisotopic (exact) mass is 430 g/mol. The first-order valence-electron chi connectivity index (χ1n) is 9.13. The summed E-state index contributed by atoms with van der Waals surface area (Å²) in [7, 11) is 1.58. The standard InChI is InChI=1S/C23H22FNO4.ClH/c1-28-21-4-2-3-19(22(21)29-15-17-7-11-20(24)12-8-17)14-25-13-16-5-9-18(10-6-16)23(26)27;/h2-12,25H,13-15H2,1H3,(H,26,27);1H/p-1. The molecule has 0 aliphatic carbocycles. The number of carboxylic acids is 1. The van der Waals surface area contributed by atoms with E-state index in [0.29, 0.717) is 31.2 Å². The molecule has 0 radical (unpaired) electrons. The molecule has 0 aromatic heterocycles. The second-order valence-electron chi connectivity index (χ2n) is 6.47. The van der Waals surface area contributed by atoms with Crippen molar-refractivity contribution in [3.8, 4) is 11.5 Å². The topological polar surface area (TPSA) is 67.8 Å². The van der Waals surface area contributed by atoms with Crippen LogP contribution in [0.25, 0.3) is 0 Å². The van der Waals surface area contributed by atoms with Gasteiger partial charge < -0.3 is 32.3 Å². The van der Waals surface area contributed by atoms with Crippen LogP contribution in [-0.4, -0.2) is 18.2 Å². The largest absolute Gasteiger partial charge is 1.00 e. The van der Waals surface area contributed by atoms with Crippen LogP contribution in [0.5, 0.6) is 11.5 Å². The lowest BCUT2D eigenvalue weighted by molar-refractivity contribution is -0.0000225. The highest BCUT2D eigenvalue weighted by molar-refractivity contribution is 5.87. The molecule has 5 nitrogen and oxygen atoms in total. The van der Waals surface area contributed by atoms with Crippen molar-refractivity contribution in [2.45, 2.75) is 19.7 Å². The first kappa shape index (κ1) is 23.2. The summed E-state index contributed by atoms with van der Waals surface area (Å²) >= 11 is 0. The van der Waals surface area contributed by atoms with Gasteiger partial charge in [-0.15, -0.1) is 0 Å². The van der Waals surface area contributed by atoms with Crippen molar-refractivity contribution < 1.29 is 36.2 Å². The van der Waals surface area contributed by atoms with Crippen molar-refractivity contribution in [3.05, 3.63) is 94.8 Å². The highest BCUT2D eigenvalue weighted by Crippen LogP contribution is 2.32. The van der Waals surface area contributed by atoms with Crippen LogP contribution in [0.3, 0.4) is 0 Å². The third-order valence-electron chi connectivity index (χ3n) is 4.42. The van der Waals surface area contributed by atoms with E-state index < -0.39 is 5.97 Å². The molecule has 0 unspecified atom stereocenters. The number of aromatic carboxylic acids is 1. The fourth-order valence-corrected chi connectivity index (χ4v) is 2.87. The van der Waals surface area contributed by atoms with E-state index in [4.69, 9.17) is 14.6 Å². The molecule has 0 aliphatic heterocycles. The van der Waals surface area contributed by atoms with Gasteiger partial charge in [0.25, 0.3) is 0 Å². The Morgan fingerprint density at radius 1 is 0.967 bits per heavy atom. The molecule has 0 fully saturated rings. The van der Waals surface area contributed by atoms with E-state index in [2.05, 4.69) is 5.32 Å². The highest BCUT2D eigenvalue weighted by atomic mass is 35.5. The summed E-state index contributed by atoms with van der Waals surface area (Å²) in [5.74, 6) is 0.0291. The van der Waals surface area contributed by atoms with Crippen LogP contribution in [0.1, 0.15) is 27.0 Å². The third-order valence-corrected chi connectivity index (χ3v) is 4.42. The maximum absolute atomic E-state index is 13.1. The highest BCUT2D eigenvalue weighted by Gasteiger charge is 2.11. The lowest BCUT2D eigenvalue weighted by atomic mass is 10.1. The lowest BCUT2D eigenvalue weighted by Gasteiger charge is -2.16. The lowest BCUT2D eigenvalue weighted by Crippen LogP contribution is -3.00. The van der Waals surface area contributed by atoms with Crippen molar-refractivity contribution >= 4 is 5.97 Å². The average molecular weight is 431 g/mol. The predicted octanol–water partition coefficient (Wildman–Crippen LogP) is 1.41. The van der Waals surface area contributed by atoms with Gasteiger partial charge in [0.05, 0.1) is 12.7 Å². The molecule has 0 amide bonds. The van der Waals surface area contributed by atoms with Gasteiger partial charge in [-0.3, -0.25) is 0 Å². The van der Waals surface area contributed by atoms with Gasteiger partial charge in [-0.2, -0.15) is 0 Å². The van der Waals surface area contributed by atoms with Crippen LogP contribution in [0, 0.1) is 5.82 Å². The Bertz CT molecular complexity index is 962. The van der Waals surface area contributed by atoms with Gasteiger partial charge >= 0.3 is 5.97 Å². The zero-order valence-corrected chi connectivity index (χ0v) is 17.2. The molecule has 7 heteroatoms. The minimum absolute atomic E-state index is 0. The van der Waals surface area contributed by atoms with Gasteiger partial charge in [-0.1, -0.05) is 36.4 Å². The Balaban J connectivity index is 0.00000320. The Labute approximate surface area is 180 Å². The van der Waals surface area contributed by atoms with E-state index in [-0.39, 0.29) is 23.8 Å². The average Bonchev–Trinajstić information content (AvgIpc) is 2.74. The summed E-state index contributed by atoms with van der Waals surface area (Å²) in [5.41, 5.74) is 3.02. The molecule has 0 aliphatic rings. The molecular formula is C23H22ClFNO4-. The van der Waals surface area contributed by atoms with Crippen LogP contribution in [0.15, 0.2) is 66.7 Å². The Hall–Kier alpha value is -3.09. The van der Waals surface area contributed by atoms with E-state index >= 15 is 0 Å². The maximum Gasteiger partial charge on any atom is 0.335 e. The molecule has 2 N–H and O–H groups in total. The molecule has 30 heavy (non-hydrogen) atoms. The molecular weight excluding hydrogens is 409 g/mol. The minimum atomic E-state index is -0.941. The number of rotatable bonds is 9. The van der Waals surface area contributed by atoms with E-state index in [1.165, 1.54) is 12.1 Å². The Kier molecular flexibility index (Phi) is 8.65. The van der Waals surface area contributed by atoms with Crippen molar-refractivity contribution in [2.75, 3.05) is 7.11 Å². The fourth-order valence-electron chi connectivity index (χ4n) is 2.87. The fraction of sp³-hybridized carbons (Fsp3) is 0.174. The number of hydrogen-bond acceptors (Lipinski definition) is 4. The molecule has 0 bridgehead atoms. The number of nitrogens with one attached hydrogen (secondary N) is 1. The van der Waals surface area contributed by atoms with E-state index in [0.717, 1.165) is 16.7 Å². The summed E-state index contributed by atoms with van der Waals surface area (Å²) in [6.07, 6.45) is 0. The number of halogens is 2. The number of benzene rings is 3. The minimum Gasteiger partial charge on any atom is -1.00 e. The first-order chi connectivity index (χ1) is 14.1. The molecule has 0 saturated heterocycles. The molecule has 3 aromatic carbocycles. The number of methoxy groups -OCH3 is 1. The Morgan fingerprint density at radius 3 is 2.27 bits per heavy atom. The van der Waals surface area contributed by atoms with Crippen LogP contribution in [0.2, 0.25) is 0 Å². The molecule has 3 aromatic rings. The number of carbonyl (C=O) groups is 1. The molecule has 3 rings (SSSR count). The van der Waals surface area contributed by atoms with E-state index in [9.17, 15) is 9.18 Å². The quantitative estimate of drug-likeness (QED) is 0.537. The van der Waals surface area contributed by atoms with Gasteiger partial charge in [-0.05, 0) is 41.5 Å². The number of carboxylic acid groups (broad SMARTS) is 1. The summed E-state index contributed by atoms with van der Waals surface area (Å²) in [4.78, 5) is 10.9. The molecule has 158 valence electrons. The molecule has 0 heterocycles. The van der Waals surface area contributed by atoms with Gasteiger partial charge in [0.2, 0.25) is 0 Å². The smallest absolute Gasteiger partial charge is 0.335 e. The maximum atomic E-state index is 13.1. The third kappa shape index (κ3) is 6.20. The Morgan fingerprint density at radius 2 is 1.63 bits per heavy atom. The van der Waals surface area contributed by atoms with E-state index in [1.807, 2.05) is 18.2 Å². The zero-order chi connectivity index (χ0) is 20.6. The molecule has 0 saturated carbocycles. The zero-order valence-electron chi connectivity index (χ0n) is 16.4. The number of hydrogen-bond donors (Lipinski definition) is 2. The second-order valence-corrected chi connectivity index (χ2v) is 6.47. The van der Waals surface area contributed by atoms with Crippen molar-refractivity contribution in [1.82, 2.24) is 5.32 Å². The van der Waals surface area contributed by atoms with Crippen LogP contribution in [-0.2, 0) is 19.7 Å². The molecule has 0 atom stereocenters. The van der Waals surface area contributed by atoms with Crippen LogP contribution >= 0.6 is 0 Å². The van der Waals surface area contributed by atoms with Gasteiger partial charge in [0.15, 0.2) is 11.5 Å². The van der Waals surface area contributed by atoms with E-state index in [1.54, 1.807) is 43.5 Å². The second kappa shape index (κ2) is 11.2.